The molecule has 0 radical (unpaired) electrons. The second-order valence-corrected chi connectivity index (χ2v) is 5.55. The normalized spacial score (nSPS) is 13.6. The van der Waals surface area contributed by atoms with Crippen LogP contribution in [0.3, 0.4) is 0 Å². The molecule has 1 aromatic heterocycles. The molecule has 2 aromatic rings. The zero-order valence-electron chi connectivity index (χ0n) is 13.4. The lowest BCUT2D eigenvalue weighted by Gasteiger charge is -2.16. The van der Waals surface area contributed by atoms with Crippen molar-refractivity contribution in [2.45, 2.75) is 45.8 Å². The van der Waals surface area contributed by atoms with Crippen LogP contribution in [-0.2, 0) is 11.3 Å². The summed E-state index contributed by atoms with van der Waals surface area (Å²) in [6.07, 6.45) is 0.928. The first kappa shape index (κ1) is 16.3. The van der Waals surface area contributed by atoms with Gasteiger partial charge in [-0.2, -0.15) is 0 Å². The highest BCUT2D eigenvalue weighted by atomic mass is 16.3. The Morgan fingerprint density at radius 2 is 1.86 bits per heavy atom. The van der Waals surface area contributed by atoms with Gasteiger partial charge in [-0.15, -0.1) is 0 Å². The minimum atomic E-state index is -0.251. The summed E-state index contributed by atoms with van der Waals surface area (Å²) in [5.41, 5.74) is 1.05. The van der Waals surface area contributed by atoms with Crippen LogP contribution in [0.1, 0.15) is 33.0 Å². The Labute approximate surface area is 131 Å². The molecular weight excluding hydrogens is 276 g/mol. The van der Waals surface area contributed by atoms with Crippen molar-refractivity contribution < 1.29 is 9.21 Å². The lowest BCUT2D eigenvalue weighted by molar-refractivity contribution is -0.123. The molecular formula is C18H24N2O2. The number of rotatable bonds is 7. The highest BCUT2D eigenvalue weighted by molar-refractivity contribution is 5.81. The number of furan rings is 1. The maximum Gasteiger partial charge on any atom is 0.237 e. The van der Waals surface area contributed by atoms with Gasteiger partial charge in [-0.3, -0.25) is 10.1 Å². The van der Waals surface area contributed by atoms with Crippen LogP contribution in [0.4, 0.5) is 0 Å². The summed E-state index contributed by atoms with van der Waals surface area (Å²) in [5.74, 6) is 1.68. The van der Waals surface area contributed by atoms with Gasteiger partial charge in [0.25, 0.3) is 0 Å². The molecule has 4 heteroatoms. The molecule has 4 nitrogen and oxygen atoms in total. The van der Waals surface area contributed by atoms with Gasteiger partial charge in [-0.05, 0) is 32.4 Å². The molecule has 1 amide bonds. The summed E-state index contributed by atoms with van der Waals surface area (Å²) >= 11 is 0. The average Bonchev–Trinajstić information content (AvgIpc) is 3.02. The molecule has 0 aliphatic heterocycles. The van der Waals surface area contributed by atoms with E-state index >= 15 is 0 Å². The molecule has 118 valence electrons. The van der Waals surface area contributed by atoms with Gasteiger partial charge in [-0.1, -0.05) is 37.3 Å². The zero-order valence-corrected chi connectivity index (χ0v) is 13.4. The number of nitrogens with one attached hydrogen (secondary N) is 2. The second-order valence-electron chi connectivity index (χ2n) is 5.55. The van der Waals surface area contributed by atoms with Gasteiger partial charge >= 0.3 is 0 Å². The topological polar surface area (TPSA) is 54.3 Å². The number of hydrogen-bond acceptors (Lipinski definition) is 3. The summed E-state index contributed by atoms with van der Waals surface area (Å²) in [4.78, 5) is 12.0. The van der Waals surface area contributed by atoms with Crippen LogP contribution in [0, 0.1) is 0 Å². The van der Waals surface area contributed by atoms with Gasteiger partial charge in [0.1, 0.15) is 11.5 Å². The number of amides is 1. The lowest BCUT2D eigenvalue weighted by atomic mass is 10.2. The summed E-state index contributed by atoms with van der Waals surface area (Å²) in [6.45, 7) is 6.45. The van der Waals surface area contributed by atoms with E-state index in [0.29, 0.717) is 6.54 Å². The van der Waals surface area contributed by atoms with Gasteiger partial charge in [0.15, 0.2) is 0 Å². The van der Waals surface area contributed by atoms with Crippen LogP contribution in [0.2, 0.25) is 0 Å². The van der Waals surface area contributed by atoms with E-state index in [1.54, 1.807) is 0 Å². The fraction of sp³-hybridized carbons (Fsp3) is 0.389. The van der Waals surface area contributed by atoms with Gasteiger partial charge in [-0.25, -0.2) is 0 Å². The molecule has 2 rings (SSSR count). The number of carbonyl (C=O) groups is 1. The van der Waals surface area contributed by atoms with E-state index in [1.165, 1.54) is 0 Å². The molecule has 0 saturated carbocycles. The molecule has 1 heterocycles. The lowest BCUT2D eigenvalue weighted by Crippen LogP contribution is -2.44. The van der Waals surface area contributed by atoms with Crippen LogP contribution in [-0.4, -0.2) is 18.0 Å². The van der Waals surface area contributed by atoms with Crippen LogP contribution in [0.15, 0.2) is 46.9 Å². The van der Waals surface area contributed by atoms with Crippen molar-refractivity contribution >= 4 is 5.91 Å². The maximum atomic E-state index is 12.0. The second kappa shape index (κ2) is 7.80. The van der Waals surface area contributed by atoms with E-state index in [0.717, 1.165) is 23.5 Å². The fourth-order valence-electron chi connectivity index (χ4n) is 2.05. The third kappa shape index (κ3) is 4.46. The van der Waals surface area contributed by atoms with Crippen molar-refractivity contribution in [2.75, 3.05) is 0 Å². The van der Waals surface area contributed by atoms with Crippen LogP contribution in [0.25, 0.3) is 11.3 Å². The monoisotopic (exact) mass is 300 g/mol. The minimum absolute atomic E-state index is 0.0178. The fourth-order valence-corrected chi connectivity index (χ4v) is 2.05. The van der Waals surface area contributed by atoms with E-state index in [1.807, 2.05) is 56.3 Å². The van der Waals surface area contributed by atoms with Crippen molar-refractivity contribution in [3.8, 4) is 11.3 Å². The minimum Gasteiger partial charge on any atom is -0.460 e. The molecule has 0 spiro atoms. The van der Waals surface area contributed by atoms with Crippen molar-refractivity contribution in [2.24, 2.45) is 0 Å². The Balaban J connectivity index is 1.87. The van der Waals surface area contributed by atoms with Crippen molar-refractivity contribution in [1.29, 1.82) is 0 Å². The molecule has 0 bridgehead atoms. The van der Waals surface area contributed by atoms with E-state index < -0.39 is 0 Å². The molecule has 2 N–H and O–H groups in total. The van der Waals surface area contributed by atoms with Crippen LogP contribution < -0.4 is 10.6 Å². The smallest absolute Gasteiger partial charge is 0.237 e. The summed E-state index contributed by atoms with van der Waals surface area (Å²) in [6, 6.07) is 13.8. The highest BCUT2D eigenvalue weighted by Crippen LogP contribution is 2.21. The average molecular weight is 300 g/mol. The van der Waals surface area contributed by atoms with Gasteiger partial charge < -0.3 is 9.73 Å². The van der Waals surface area contributed by atoms with Gasteiger partial charge in [0.05, 0.1) is 12.6 Å². The third-order valence-electron chi connectivity index (χ3n) is 3.70. The number of carbonyl (C=O) groups excluding carboxylic acids is 1. The molecule has 0 saturated heterocycles. The van der Waals surface area contributed by atoms with Crippen molar-refractivity contribution in [1.82, 2.24) is 10.6 Å². The van der Waals surface area contributed by atoms with Crippen molar-refractivity contribution in [3.63, 3.8) is 0 Å². The number of benzene rings is 1. The first-order chi connectivity index (χ1) is 10.6. The maximum absolute atomic E-state index is 12.0. The SMILES string of the molecule is CCC(C)NC(=O)C(C)NCc1ccc(-c2ccccc2)o1. The Morgan fingerprint density at radius 3 is 2.55 bits per heavy atom. The van der Waals surface area contributed by atoms with E-state index in [4.69, 9.17) is 4.42 Å². The largest absolute Gasteiger partial charge is 0.460 e. The van der Waals surface area contributed by atoms with Crippen LogP contribution in [0.5, 0.6) is 0 Å². The molecule has 1 aromatic carbocycles. The van der Waals surface area contributed by atoms with E-state index in [9.17, 15) is 4.79 Å². The molecule has 0 aliphatic rings. The first-order valence-electron chi connectivity index (χ1n) is 7.78. The first-order valence-corrected chi connectivity index (χ1v) is 7.78. The molecule has 0 aliphatic carbocycles. The van der Waals surface area contributed by atoms with E-state index in [2.05, 4.69) is 17.6 Å². The van der Waals surface area contributed by atoms with Gasteiger partial charge in [0.2, 0.25) is 5.91 Å². The number of hydrogen-bond donors (Lipinski definition) is 2. The Kier molecular flexibility index (Phi) is 5.78. The predicted octanol–water partition coefficient (Wildman–Crippen LogP) is 3.34. The Morgan fingerprint density at radius 1 is 1.14 bits per heavy atom. The standard InChI is InChI=1S/C18H24N2O2/c1-4-13(2)20-18(21)14(3)19-12-16-10-11-17(22-16)15-8-6-5-7-9-15/h5-11,13-14,19H,4,12H2,1-3H3,(H,20,21). The quantitative estimate of drug-likeness (QED) is 0.824. The molecule has 22 heavy (non-hydrogen) atoms. The predicted molar refractivity (Wildman–Crippen MR) is 88.3 cm³/mol. The van der Waals surface area contributed by atoms with Crippen molar-refractivity contribution in [3.05, 3.63) is 48.2 Å². The zero-order chi connectivity index (χ0) is 15.9. The molecule has 0 fully saturated rings. The van der Waals surface area contributed by atoms with Crippen LogP contribution >= 0.6 is 0 Å². The molecule has 2 unspecified atom stereocenters. The Bertz CT molecular complexity index is 592. The third-order valence-corrected chi connectivity index (χ3v) is 3.70. The highest BCUT2D eigenvalue weighted by Gasteiger charge is 2.14. The summed E-state index contributed by atoms with van der Waals surface area (Å²) in [7, 11) is 0. The summed E-state index contributed by atoms with van der Waals surface area (Å²) in [5, 5.41) is 6.15. The summed E-state index contributed by atoms with van der Waals surface area (Å²) < 4.78 is 5.81. The van der Waals surface area contributed by atoms with E-state index in [-0.39, 0.29) is 18.0 Å². The Hall–Kier alpha value is -2.07. The van der Waals surface area contributed by atoms with Gasteiger partial charge in [0, 0.05) is 11.6 Å². The molecule has 2 atom stereocenters.